The van der Waals surface area contributed by atoms with E-state index in [-0.39, 0.29) is 5.91 Å². The molecule has 3 heteroatoms. The fourth-order valence-corrected chi connectivity index (χ4v) is 2.12. The van der Waals surface area contributed by atoms with E-state index in [0.29, 0.717) is 18.9 Å². The van der Waals surface area contributed by atoms with Crippen molar-refractivity contribution in [2.75, 3.05) is 13.1 Å². The van der Waals surface area contributed by atoms with Gasteiger partial charge in [-0.05, 0) is 49.8 Å². The summed E-state index contributed by atoms with van der Waals surface area (Å²) in [5.74, 6) is 0.685. The van der Waals surface area contributed by atoms with Crippen molar-refractivity contribution in [1.82, 2.24) is 5.32 Å². The number of nitrogens with one attached hydrogen (secondary N) is 1. The van der Waals surface area contributed by atoms with Gasteiger partial charge in [0.15, 0.2) is 0 Å². The lowest BCUT2D eigenvalue weighted by Gasteiger charge is -2.10. The van der Waals surface area contributed by atoms with Crippen LogP contribution >= 0.6 is 0 Å². The van der Waals surface area contributed by atoms with Crippen LogP contribution in [0.5, 0.6) is 0 Å². The molecular formula is C16H26N2O. The molecule has 106 valence electrons. The predicted molar refractivity (Wildman–Crippen MR) is 80.0 cm³/mol. The number of aryl methyl sites for hydroxylation is 1. The van der Waals surface area contributed by atoms with Crippen LogP contribution < -0.4 is 11.1 Å². The first-order valence-corrected chi connectivity index (χ1v) is 7.14. The van der Waals surface area contributed by atoms with Crippen molar-refractivity contribution < 1.29 is 4.79 Å². The molecule has 19 heavy (non-hydrogen) atoms. The van der Waals surface area contributed by atoms with Crippen LogP contribution in [0.4, 0.5) is 0 Å². The highest BCUT2D eigenvalue weighted by Crippen LogP contribution is 2.09. The number of carbonyl (C=O) groups is 1. The lowest BCUT2D eigenvalue weighted by molar-refractivity contribution is -0.121. The molecule has 1 amide bonds. The summed E-state index contributed by atoms with van der Waals surface area (Å²) in [6.07, 6.45) is 3.43. The lowest BCUT2D eigenvalue weighted by Crippen LogP contribution is -2.26. The minimum Gasteiger partial charge on any atom is -0.356 e. The van der Waals surface area contributed by atoms with Crippen LogP contribution in [0, 0.1) is 12.8 Å². The molecule has 0 saturated carbocycles. The molecule has 0 heterocycles. The number of hydrogen-bond donors (Lipinski definition) is 2. The minimum absolute atomic E-state index is 0.150. The molecule has 0 aliphatic rings. The zero-order valence-electron chi connectivity index (χ0n) is 12.1. The average Bonchev–Trinajstić information content (AvgIpc) is 2.39. The summed E-state index contributed by atoms with van der Waals surface area (Å²) in [6, 6.07) is 8.30. The third kappa shape index (κ3) is 6.39. The molecule has 0 bridgehead atoms. The molecule has 1 aromatic rings. The first-order valence-electron chi connectivity index (χ1n) is 7.14. The van der Waals surface area contributed by atoms with Crippen LogP contribution in [0.2, 0.25) is 0 Å². The smallest absolute Gasteiger partial charge is 0.220 e. The van der Waals surface area contributed by atoms with Gasteiger partial charge in [-0.1, -0.05) is 31.2 Å². The second-order valence-electron chi connectivity index (χ2n) is 5.25. The van der Waals surface area contributed by atoms with E-state index in [0.717, 1.165) is 25.8 Å². The summed E-state index contributed by atoms with van der Waals surface area (Å²) >= 11 is 0. The molecular weight excluding hydrogens is 236 g/mol. The fraction of sp³-hybridized carbons (Fsp3) is 0.562. The normalized spacial score (nSPS) is 12.2. The zero-order valence-corrected chi connectivity index (χ0v) is 12.1. The van der Waals surface area contributed by atoms with Gasteiger partial charge in [0.05, 0.1) is 0 Å². The summed E-state index contributed by atoms with van der Waals surface area (Å²) in [5, 5.41) is 2.99. The van der Waals surface area contributed by atoms with Crippen molar-refractivity contribution in [3.63, 3.8) is 0 Å². The van der Waals surface area contributed by atoms with Gasteiger partial charge in [-0.3, -0.25) is 4.79 Å². The second-order valence-corrected chi connectivity index (χ2v) is 5.25. The van der Waals surface area contributed by atoms with Crippen molar-refractivity contribution >= 4 is 5.91 Å². The van der Waals surface area contributed by atoms with Gasteiger partial charge < -0.3 is 11.1 Å². The molecule has 0 saturated heterocycles. The Bertz CT molecular complexity index is 390. The number of hydrogen-bond acceptors (Lipinski definition) is 2. The van der Waals surface area contributed by atoms with Gasteiger partial charge in [-0.2, -0.15) is 0 Å². The molecule has 1 rings (SSSR count). The Morgan fingerprint density at radius 1 is 1.32 bits per heavy atom. The van der Waals surface area contributed by atoms with Gasteiger partial charge in [0.1, 0.15) is 0 Å². The van der Waals surface area contributed by atoms with Gasteiger partial charge in [-0.25, -0.2) is 0 Å². The van der Waals surface area contributed by atoms with Gasteiger partial charge in [-0.15, -0.1) is 0 Å². The lowest BCUT2D eigenvalue weighted by atomic mass is 10.0. The highest BCUT2D eigenvalue weighted by atomic mass is 16.1. The minimum atomic E-state index is 0.150. The fourth-order valence-electron chi connectivity index (χ4n) is 2.12. The molecule has 3 nitrogen and oxygen atoms in total. The SMILES string of the molecule is Cc1ccccc1CCNC(=O)CCC(C)CCN. The Labute approximate surface area is 116 Å². The third-order valence-corrected chi connectivity index (χ3v) is 3.50. The van der Waals surface area contributed by atoms with Crippen LogP contribution in [0.1, 0.15) is 37.3 Å². The molecule has 1 unspecified atom stereocenters. The Morgan fingerprint density at radius 2 is 2.05 bits per heavy atom. The van der Waals surface area contributed by atoms with E-state index in [1.54, 1.807) is 0 Å². The van der Waals surface area contributed by atoms with Crippen LogP contribution in [0.15, 0.2) is 24.3 Å². The summed E-state index contributed by atoms with van der Waals surface area (Å²) in [5.41, 5.74) is 8.08. The van der Waals surface area contributed by atoms with E-state index >= 15 is 0 Å². The van der Waals surface area contributed by atoms with Crippen LogP contribution in [-0.4, -0.2) is 19.0 Å². The maximum Gasteiger partial charge on any atom is 0.220 e. The quantitative estimate of drug-likeness (QED) is 0.756. The number of benzene rings is 1. The standard InChI is InChI=1S/C16H26N2O/c1-13(9-11-17)7-8-16(19)18-12-10-15-6-4-3-5-14(15)2/h3-6,13H,7-12,17H2,1-2H3,(H,18,19). The average molecular weight is 262 g/mol. The topological polar surface area (TPSA) is 55.1 Å². The van der Waals surface area contributed by atoms with Gasteiger partial charge >= 0.3 is 0 Å². The Morgan fingerprint density at radius 3 is 2.74 bits per heavy atom. The molecule has 3 N–H and O–H groups in total. The first kappa shape index (κ1) is 15.7. The maximum atomic E-state index is 11.7. The van der Waals surface area contributed by atoms with Crippen LogP contribution in [-0.2, 0) is 11.2 Å². The summed E-state index contributed by atoms with van der Waals surface area (Å²) < 4.78 is 0. The van der Waals surface area contributed by atoms with Crippen molar-refractivity contribution in [2.45, 2.75) is 39.5 Å². The van der Waals surface area contributed by atoms with Gasteiger partial charge in [0.2, 0.25) is 5.91 Å². The molecule has 0 radical (unpaired) electrons. The van der Waals surface area contributed by atoms with E-state index in [1.165, 1.54) is 11.1 Å². The Hall–Kier alpha value is -1.35. The molecule has 0 spiro atoms. The number of carbonyl (C=O) groups excluding carboxylic acids is 1. The summed E-state index contributed by atoms with van der Waals surface area (Å²) in [7, 11) is 0. The molecule has 1 atom stereocenters. The third-order valence-electron chi connectivity index (χ3n) is 3.50. The summed E-state index contributed by atoms with van der Waals surface area (Å²) in [4.78, 5) is 11.7. The number of nitrogens with two attached hydrogens (primary N) is 1. The highest BCUT2D eigenvalue weighted by Gasteiger charge is 2.06. The highest BCUT2D eigenvalue weighted by molar-refractivity contribution is 5.75. The van der Waals surface area contributed by atoms with Crippen LogP contribution in [0.25, 0.3) is 0 Å². The van der Waals surface area contributed by atoms with Crippen molar-refractivity contribution in [3.8, 4) is 0 Å². The van der Waals surface area contributed by atoms with Crippen LogP contribution in [0.3, 0.4) is 0 Å². The number of amides is 1. The Balaban J connectivity index is 2.19. The van der Waals surface area contributed by atoms with E-state index in [2.05, 4.69) is 31.3 Å². The number of rotatable bonds is 8. The second kappa shape index (κ2) is 8.70. The molecule has 0 aliphatic carbocycles. The Kier molecular flexibility index (Phi) is 7.19. The van der Waals surface area contributed by atoms with E-state index in [1.807, 2.05) is 12.1 Å². The first-order chi connectivity index (χ1) is 9.13. The zero-order chi connectivity index (χ0) is 14.1. The molecule has 0 aliphatic heterocycles. The maximum absolute atomic E-state index is 11.7. The van der Waals surface area contributed by atoms with E-state index in [4.69, 9.17) is 5.73 Å². The molecule has 0 fully saturated rings. The van der Waals surface area contributed by atoms with Gasteiger partial charge in [0.25, 0.3) is 0 Å². The van der Waals surface area contributed by atoms with Crippen molar-refractivity contribution in [3.05, 3.63) is 35.4 Å². The van der Waals surface area contributed by atoms with Crippen molar-refractivity contribution in [2.24, 2.45) is 11.7 Å². The predicted octanol–water partition coefficient (Wildman–Crippen LogP) is 2.42. The van der Waals surface area contributed by atoms with E-state index in [9.17, 15) is 4.79 Å². The summed E-state index contributed by atoms with van der Waals surface area (Å²) in [6.45, 7) is 5.67. The largest absolute Gasteiger partial charge is 0.356 e. The van der Waals surface area contributed by atoms with Crippen molar-refractivity contribution in [1.29, 1.82) is 0 Å². The van der Waals surface area contributed by atoms with Gasteiger partial charge in [0, 0.05) is 13.0 Å². The molecule has 1 aromatic carbocycles. The van der Waals surface area contributed by atoms with E-state index < -0.39 is 0 Å². The molecule has 0 aromatic heterocycles. The monoisotopic (exact) mass is 262 g/mol.